The van der Waals surface area contributed by atoms with Crippen LogP contribution in [0.4, 0.5) is 0 Å². The molecular formula is C23H48O9. The van der Waals surface area contributed by atoms with E-state index >= 15 is 0 Å². The summed E-state index contributed by atoms with van der Waals surface area (Å²) in [5.74, 6) is 0. The van der Waals surface area contributed by atoms with Crippen molar-refractivity contribution in [3.05, 3.63) is 0 Å². The first-order chi connectivity index (χ1) is 15.8. The molecule has 0 aliphatic heterocycles. The van der Waals surface area contributed by atoms with E-state index in [-0.39, 0.29) is 6.10 Å². The third-order valence-electron chi connectivity index (χ3n) is 3.93. The monoisotopic (exact) mass is 468 g/mol. The second-order valence-corrected chi connectivity index (χ2v) is 7.17. The van der Waals surface area contributed by atoms with Gasteiger partial charge in [0.25, 0.3) is 0 Å². The van der Waals surface area contributed by atoms with Crippen molar-refractivity contribution in [3.63, 3.8) is 0 Å². The fourth-order valence-corrected chi connectivity index (χ4v) is 2.23. The zero-order chi connectivity index (χ0) is 23.4. The molecule has 0 saturated heterocycles. The smallest absolute Gasteiger partial charge is 0.0703 e. The van der Waals surface area contributed by atoms with Crippen LogP contribution in [0.5, 0.6) is 0 Å². The van der Waals surface area contributed by atoms with Crippen LogP contribution in [0.3, 0.4) is 0 Å². The molecule has 0 aromatic heterocycles. The second-order valence-electron chi connectivity index (χ2n) is 7.17. The molecule has 0 bridgehead atoms. The average molecular weight is 469 g/mol. The summed E-state index contributed by atoms with van der Waals surface area (Å²) in [4.78, 5) is 0. The van der Waals surface area contributed by atoms with Crippen LogP contribution < -0.4 is 0 Å². The van der Waals surface area contributed by atoms with Crippen LogP contribution in [-0.2, 0) is 42.6 Å². The van der Waals surface area contributed by atoms with Gasteiger partial charge in [-0.2, -0.15) is 0 Å². The van der Waals surface area contributed by atoms with Crippen LogP contribution >= 0.6 is 0 Å². The standard InChI is InChI=1S/C23H48O9/c1-4-5-6-24-7-8-25-9-10-26-11-12-27-13-14-28-15-16-29-17-18-30-19-20-31-21-22-32-23(2)3/h23H,4-22H2,1-3H3. The van der Waals surface area contributed by atoms with Gasteiger partial charge in [0.15, 0.2) is 0 Å². The summed E-state index contributed by atoms with van der Waals surface area (Å²) in [6.07, 6.45) is 2.50. The molecule has 194 valence electrons. The van der Waals surface area contributed by atoms with Gasteiger partial charge in [0.2, 0.25) is 0 Å². The number of ether oxygens (including phenoxy) is 9. The lowest BCUT2D eigenvalue weighted by molar-refractivity contribution is -0.0269. The predicted octanol–water partition coefficient (Wildman–Crippen LogP) is 2.34. The number of rotatable bonds is 28. The molecule has 0 amide bonds. The summed E-state index contributed by atoms with van der Waals surface area (Å²) < 4.78 is 48.8. The molecule has 0 aliphatic carbocycles. The first-order valence-electron chi connectivity index (χ1n) is 12.0. The molecule has 0 aromatic carbocycles. The van der Waals surface area contributed by atoms with Crippen molar-refractivity contribution in [1.29, 1.82) is 0 Å². The van der Waals surface area contributed by atoms with E-state index in [1.54, 1.807) is 0 Å². The normalized spacial score (nSPS) is 11.6. The number of hydrogen-bond acceptors (Lipinski definition) is 9. The van der Waals surface area contributed by atoms with Gasteiger partial charge in [0.1, 0.15) is 0 Å². The Hall–Kier alpha value is -0.360. The van der Waals surface area contributed by atoms with Crippen molar-refractivity contribution in [2.75, 3.05) is 112 Å². The summed E-state index contributed by atoms with van der Waals surface area (Å²) in [5.41, 5.74) is 0. The van der Waals surface area contributed by atoms with Crippen LogP contribution in [-0.4, -0.2) is 118 Å². The maximum Gasteiger partial charge on any atom is 0.0703 e. The minimum absolute atomic E-state index is 0.241. The molecule has 0 fully saturated rings. The molecule has 0 aliphatic rings. The van der Waals surface area contributed by atoms with Gasteiger partial charge in [-0.1, -0.05) is 13.3 Å². The van der Waals surface area contributed by atoms with Crippen molar-refractivity contribution < 1.29 is 42.6 Å². The van der Waals surface area contributed by atoms with E-state index in [1.807, 2.05) is 13.8 Å². The summed E-state index contributed by atoms with van der Waals surface area (Å²) in [6, 6.07) is 0. The maximum atomic E-state index is 5.44. The van der Waals surface area contributed by atoms with Gasteiger partial charge in [0.05, 0.1) is 112 Å². The van der Waals surface area contributed by atoms with Crippen LogP contribution in [0.2, 0.25) is 0 Å². The molecule has 0 radical (unpaired) electrons. The van der Waals surface area contributed by atoms with Gasteiger partial charge in [-0.3, -0.25) is 0 Å². The van der Waals surface area contributed by atoms with E-state index in [2.05, 4.69) is 6.92 Å². The van der Waals surface area contributed by atoms with Crippen LogP contribution in [0, 0.1) is 0 Å². The highest BCUT2D eigenvalue weighted by Crippen LogP contribution is 1.89. The highest BCUT2D eigenvalue weighted by Gasteiger charge is 1.96. The third-order valence-corrected chi connectivity index (χ3v) is 3.93. The molecule has 0 atom stereocenters. The Morgan fingerprint density at radius 3 is 0.875 bits per heavy atom. The van der Waals surface area contributed by atoms with Gasteiger partial charge in [-0.25, -0.2) is 0 Å². The van der Waals surface area contributed by atoms with Gasteiger partial charge in [0, 0.05) is 6.61 Å². The Labute approximate surface area is 195 Å². The predicted molar refractivity (Wildman–Crippen MR) is 123 cm³/mol. The van der Waals surface area contributed by atoms with E-state index in [9.17, 15) is 0 Å². The number of hydrogen-bond donors (Lipinski definition) is 0. The first-order valence-corrected chi connectivity index (χ1v) is 12.0. The summed E-state index contributed by atoms with van der Waals surface area (Å²) in [7, 11) is 0. The molecule has 0 spiro atoms. The highest BCUT2D eigenvalue weighted by atomic mass is 16.6. The topological polar surface area (TPSA) is 83.1 Å². The van der Waals surface area contributed by atoms with Crippen LogP contribution in [0.15, 0.2) is 0 Å². The second kappa shape index (κ2) is 28.7. The fraction of sp³-hybridized carbons (Fsp3) is 1.00. The summed E-state index contributed by atoms with van der Waals surface area (Å²) in [5, 5.41) is 0. The molecule has 0 unspecified atom stereocenters. The lowest BCUT2D eigenvalue weighted by atomic mass is 10.4. The highest BCUT2D eigenvalue weighted by molar-refractivity contribution is 4.39. The first kappa shape index (κ1) is 31.6. The Morgan fingerprint density at radius 1 is 0.375 bits per heavy atom. The lowest BCUT2D eigenvalue weighted by Gasteiger charge is -2.09. The Morgan fingerprint density at radius 2 is 0.625 bits per heavy atom. The lowest BCUT2D eigenvalue weighted by Crippen LogP contribution is -2.15. The zero-order valence-electron chi connectivity index (χ0n) is 20.7. The molecule has 9 heteroatoms. The largest absolute Gasteiger partial charge is 0.379 e. The third kappa shape index (κ3) is 29.6. The van der Waals surface area contributed by atoms with Crippen molar-refractivity contribution in [2.45, 2.75) is 39.7 Å². The van der Waals surface area contributed by atoms with E-state index in [1.165, 1.54) is 0 Å². The Bertz CT molecular complexity index is 333. The maximum absolute atomic E-state index is 5.44. The van der Waals surface area contributed by atoms with E-state index in [0.717, 1.165) is 19.4 Å². The van der Waals surface area contributed by atoms with Crippen molar-refractivity contribution in [2.24, 2.45) is 0 Å². The molecule has 0 saturated carbocycles. The Kier molecular flexibility index (Phi) is 28.4. The fourth-order valence-electron chi connectivity index (χ4n) is 2.23. The van der Waals surface area contributed by atoms with Gasteiger partial charge < -0.3 is 42.6 Å². The van der Waals surface area contributed by atoms with Gasteiger partial charge in [-0.15, -0.1) is 0 Å². The molecular weight excluding hydrogens is 420 g/mol. The van der Waals surface area contributed by atoms with Gasteiger partial charge in [-0.05, 0) is 20.3 Å². The molecule has 32 heavy (non-hydrogen) atoms. The molecule has 9 nitrogen and oxygen atoms in total. The van der Waals surface area contributed by atoms with E-state index in [4.69, 9.17) is 42.6 Å². The SMILES string of the molecule is CCCCOCCOCCOCCOCCOCCOCCOCCOCCOC(C)C. The van der Waals surface area contributed by atoms with E-state index < -0.39 is 0 Å². The molecule has 0 N–H and O–H groups in total. The summed E-state index contributed by atoms with van der Waals surface area (Å²) in [6.45, 7) is 16.1. The minimum Gasteiger partial charge on any atom is -0.379 e. The van der Waals surface area contributed by atoms with Crippen molar-refractivity contribution in [1.82, 2.24) is 0 Å². The zero-order valence-corrected chi connectivity index (χ0v) is 20.7. The molecule has 0 aromatic rings. The molecule has 0 heterocycles. The number of unbranched alkanes of at least 4 members (excludes halogenated alkanes) is 1. The van der Waals surface area contributed by atoms with E-state index in [0.29, 0.717) is 106 Å². The quantitative estimate of drug-likeness (QED) is 0.161. The average Bonchev–Trinajstić information content (AvgIpc) is 2.78. The summed E-state index contributed by atoms with van der Waals surface area (Å²) >= 11 is 0. The van der Waals surface area contributed by atoms with Crippen molar-refractivity contribution >= 4 is 0 Å². The Balaban J connectivity index is 3.00. The van der Waals surface area contributed by atoms with Crippen LogP contribution in [0.25, 0.3) is 0 Å². The van der Waals surface area contributed by atoms with Gasteiger partial charge >= 0.3 is 0 Å². The molecule has 0 rings (SSSR count). The minimum atomic E-state index is 0.241. The van der Waals surface area contributed by atoms with Crippen LogP contribution in [0.1, 0.15) is 33.6 Å². The van der Waals surface area contributed by atoms with Crippen molar-refractivity contribution in [3.8, 4) is 0 Å².